The van der Waals surface area contributed by atoms with Crippen molar-refractivity contribution in [3.05, 3.63) is 11.5 Å². The number of carbonyl (C=O) groups excluding carboxylic acids is 1. The van der Waals surface area contributed by atoms with E-state index < -0.39 is 0 Å². The van der Waals surface area contributed by atoms with E-state index in [4.69, 9.17) is 4.74 Å². The highest BCUT2D eigenvalue weighted by molar-refractivity contribution is 5.69. The van der Waals surface area contributed by atoms with E-state index in [1.165, 1.54) is 23.3 Å². The Morgan fingerprint density at radius 2 is 2.40 bits per heavy atom. The van der Waals surface area contributed by atoms with Gasteiger partial charge in [-0.3, -0.25) is 4.79 Å². The van der Waals surface area contributed by atoms with Crippen LogP contribution in [0.2, 0.25) is 0 Å². The topological polar surface area (TPSA) is 81.9 Å². The molecule has 1 fully saturated rings. The number of ether oxygens (including phenoxy) is 1. The third-order valence-corrected chi connectivity index (χ3v) is 3.04. The summed E-state index contributed by atoms with van der Waals surface area (Å²) in [5, 5.41) is 15.6. The lowest BCUT2D eigenvalue weighted by molar-refractivity contribution is -0.143. The van der Waals surface area contributed by atoms with Crippen LogP contribution in [0.15, 0.2) is 5.70 Å². The maximum Gasteiger partial charge on any atom is 0.305 e. The number of esters is 1. The van der Waals surface area contributed by atoms with Gasteiger partial charge in [0, 0.05) is 24.7 Å². The monoisotopic (exact) mass is 279 g/mol. The Morgan fingerprint density at radius 1 is 1.50 bits per heavy atom. The first-order valence-corrected chi connectivity index (χ1v) is 7.16. The van der Waals surface area contributed by atoms with E-state index in [0.29, 0.717) is 31.8 Å². The predicted octanol–water partition coefficient (Wildman–Crippen LogP) is 1.13. The van der Waals surface area contributed by atoms with Crippen LogP contribution in [0.25, 0.3) is 6.08 Å². The molecule has 0 amide bonds. The third-order valence-electron chi connectivity index (χ3n) is 3.04. The van der Waals surface area contributed by atoms with Crippen LogP contribution < -0.4 is 5.32 Å². The lowest BCUT2D eigenvalue weighted by atomic mass is 10.1. The van der Waals surface area contributed by atoms with Crippen molar-refractivity contribution in [2.75, 3.05) is 13.2 Å². The van der Waals surface area contributed by atoms with Crippen LogP contribution in [0.3, 0.4) is 0 Å². The van der Waals surface area contributed by atoms with Crippen LogP contribution >= 0.6 is 0 Å². The molecule has 1 aliphatic heterocycles. The summed E-state index contributed by atoms with van der Waals surface area (Å²) >= 11 is 0. The van der Waals surface area contributed by atoms with Gasteiger partial charge in [-0.25, -0.2) is 0 Å². The van der Waals surface area contributed by atoms with E-state index >= 15 is 0 Å². The van der Waals surface area contributed by atoms with Crippen molar-refractivity contribution < 1.29 is 9.53 Å². The SMILES string of the molecule is CCOC(=O)CCCn1nnc(C=C2CCCCN2)n1. The molecule has 110 valence electrons. The van der Waals surface area contributed by atoms with Crippen molar-refractivity contribution in [2.45, 2.75) is 45.6 Å². The molecule has 2 rings (SSSR count). The van der Waals surface area contributed by atoms with Crippen molar-refractivity contribution in [3.63, 3.8) is 0 Å². The zero-order valence-corrected chi connectivity index (χ0v) is 11.8. The fraction of sp³-hybridized carbons (Fsp3) is 0.692. The van der Waals surface area contributed by atoms with Gasteiger partial charge in [-0.05, 0) is 37.8 Å². The summed E-state index contributed by atoms with van der Waals surface area (Å²) in [6.45, 7) is 3.81. The molecule has 2 heterocycles. The summed E-state index contributed by atoms with van der Waals surface area (Å²) in [5.74, 6) is 0.437. The van der Waals surface area contributed by atoms with Gasteiger partial charge in [0.05, 0.1) is 13.2 Å². The number of nitrogens with zero attached hydrogens (tertiary/aromatic N) is 4. The van der Waals surface area contributed by atoms with Gasteiger partial charge >= 0.3 is 5.97 Å². The minimum atomic E-state index is -0.179. The molecule has 7 heteroatoms. The fourth-order valence-electron chi connectivity index (χ4n) is 2.06. The van der Waals surface area contributed by atoms with E-state index in [9.17, 15) is 4.79 Å². The van der Waals surface area contributed by atoms with Crippen LogP contribution in [0.1, 0.15) is 44.9 Å². The molecule has 0 aromatic carbocycles. The highest BCUT2D eigenvalue weighted by atomic mass is 16.5. The van der Waals surface area contributed by atoms with Crippen molar-refractivity contribution in [3.8, 4) is 0 Å². The molecule has 1 aromatic heterocycles. The molecule has 0 aliphatic carbocycles. The highest BCUT2D eigenvalue weighted by Crippen LogP contribution is 2.12. The first-order chi connectivity index (χ1) is 9.78. The second-order valence-electron chi connectivity index (χ2n) is 4.71. The molecule has 20 heavy (non-hydrogen) atoms. The molecule has 0 radical (unpaired) electrons. The number of piperidine rings is 1. The molecule has 0 saturated carbocycles. The number of nitrogens with one attached hydrogen (secondary N) is 1. The molecule has 0 bridgehead atoms. The summed E-state index contributed by atoms with van der Waals surface area (Å²) in [5.41, 5.74) is 1.17. The molecule has 1 aliphatic rings. The lowest BCUT2D eigenvalue weighted by Gasteiger charge is -2.15. The number of rotatable bonds is 6. The molecule has 0 spiro atoms. The third kappa shape index (κ3) is 4.64. The van der Waals surface area contributed by atoms with Gasteiger partial charge in [-0.1, -0.05) is 0 Å². The Labute approximate surface area is 118 Å². The molecular formula is C13H21N5O2. The Bertz CT molecular complexity index is 461. The van der Waals surface area contributed by atoms with Crippen LogP contribution in [-0.4, -0.2) is 39.3 Å². The maximum atomic E-state index is 11.2. The van der Waals surface area contributed by atoms with Gasteiger partial charge in [0.1, 0.15) is 0 Å². The van der Waals surface area contributed by atoms with Crippen molar-refractivity contribution in [2.24, 2.45) is 0 Å². The molecule has 1 N–H and O–H groups in total. The Kier molecular flexibility index (Phi) is 5.52. The van der Waals surface area contributed by atoms with Gasteiger partial charge in [0.2, 0.25) is 0 Å². The zero-order chi connectivity index (χ0) is 14.2. The largest absolute Gasteiger partial charge is 0.466 e. The van der Waals surface area contributed by atoms with E-state index in [1.807, 2.05) is 6.08 Å². The van der Waals surface area contributed by atoms with Gasteiger partial charge in [0.15, 0.2) is 5.82 Å². The van der Waals surface area contributed by atoms with Crippen molar-refractivity contribution >= 4 is 12.0 Å². The summed E-state index contributed by atoms with van der Waals surface area (Å²) in [6, 6.07) is 0. The van der Waals surface area contributed by atoms with Crippen LogP contribution in [0.5, 0.6) is 0 Å². The Hall–Kier alpha value is -1.92. The minimum absolute atomic E-state index is 0.179. The zero-order valence-electron chi connectivity index (χ0n) is 11.8. The highest BCUT2D eigenvalue weighted by Gasteiger charge is 2.07. The second kappa shape index (κ2) is 7.62. The smallest absolute Gasteiger partial charge is 0.305 e. The number of aryl methyl sites for hydroxylation is 1. The number of hydrogen-bond donors (Lipinski definition) is 1. The number of tetrazole rings is 1. The van der Waals surface area contributed by atoms with Gasteiger partial charge in [0.25, 0.3) is 0 Å². The average molecular weight is 279 g/mol. The van der Waals surface area contributed by atoms with Gasteiger partial charge in [-0.2, -0.15) is 4.80 Å². The normalized spacial score (nSPS) is 16.9. The second-order valence-corrected chi connectivity index (χ2v) is 4.71. The number of hydrogen-bond acceptors (Lipinski definition) is 6. The molecule has 7 nitrogen and oxygen atoms in total. The number of aromatic nitrogens is 4. The molecule has 1 saturated heterocycles. The summed E-state index contributed by atoms with van der Waals surface area (Å²) in [6.07, 6.45) is 6.43. The average Bonchev–Trinajstić information content (AvgIpc) is 2.88. The van der Waals surface area contributed by atoms with E-state index in [2.05, 4.69) is 20.7 Å². The first-order valence-electron chi connectivity index (χ1n) is 7.16. The Morgan fingerprint density at radius 3 is 3.15 bits per heavy atom. The van der Waals surface area contributed by atoms with Crippen molar-refractivity contribution in [1.29, 1.82) is 0 Å². The lowest BCUT2D eigenvalue weighted by Crippen LogP contribution is -2.19. The quantitative estimate of drug-likeness (QED) is 0.786. The first kappa shape index (κ1) is 14.5. The maximum absolute atomic E-state index is 11.2. The summed E-state index contributed by atoms with van der Waals surface area (Å²) < 4.78 is 4.86. The molecule has 0 unspecified atom stereocenters. The van der Waals surface area contributed by atoms with Gasteiger partial charge < -0.3 is 10.1 Å². The molecule has 0 atom stereocenters. The standard InChI is InChI=1S/C13H21N5O2/c1-2-20-13(19)7-5-9-18-16-12(15-17-18)10-11-6-3-4-8-14-11/h10,14H,2-9H2,1H3. The summed E-state index contributed by atoms with van der Waals surface area (Å²) in [4.78, 5) is 12.7. The van der Waals surface area contributed by atoms with E-state index in [0.717, 1.165) is 13.0 Å². The molecule has 1 aromatic rings. The summed E-state index contributed by atoms with van der Waals surface area (Å²) in [7, 11) is 0. The number of allylic oxidation sites excluding steroid dienone is 1. The van der Waals surface area contributed by atoms with Crippen molar-refractivity contribution in [1.82, 2.24) is 25.5 Å². The van der Waals surface area contributed by atoms with Crippen LogP contribution in [0.4, 0.5) is 0 Å². The van der Waals surface area contributed by atoms with Crippen LogP contribution in [-0.2, 0) is 16.1 Å². The van der Waals surface area contributed by atoms with Gasteiger partial charge in [-0.15, -0.1) is 10.2 Å². The fourth-order valence-corrected chi connectivity index (χ4v) is 2.06. The Balaban J connectivity index is 1.78. The van der Waals surface area contributed by atoms with E-state index in [-0.39, 0.29) is 5.97 Å². The predicted molar refractivity (Wildman–Crippen MR) is 73.5 cm³/mol. The number of carbonyl (C=O) groups is 1. The van der Waals surface area contributed by atoms with Crippen LogP contribution in [0, 0.1) is 0 Å². The van der Waals surface area contributed by atoms with E-state index in [1.54, 1.807) is 6.92 Å². The minimum Gasteiger partial charge on any atom is -0.466 e. The molecular weight excluding hydrogens is 258 g/mol.